The number of aryl methyl sites for hydroxylation is 1. The maximum atomic E-state index is 12.7. The second-order valence-corrected chi connectivity index (χ2v) is 8.89. The molecule has 1 heterocycles. The molecule has 1 aliphatic heterocycles. The number of quaternary nitrogens is 1. The van der Waals surface area contributed by atoms with Gasteiger partial charge in [-0.05, 0) is 44.7 Å². The van der Waals surface area contributed by atoms with E-state index in [0.717, 1.165) is 5.56 Å². The van der Waals surface area contributed by atoms with Crippen LogP contribution in [0.2, 0.25) is 0 Å². The lowest BCUT2D eigenvalue weighted by molar-refractivity contribution is -0.697. The van der Waals surface area contributed by atoms with E-state index >= 15 is 0 Å². The summed E-state index contributed by atoms with van der Waals surface area (Å²) >= 11 is 0. The second kappa shape index (κ2) is 20.8. The number of likely N-dealkylation sites (tertiary alicyclic amines) is 1. The number of carbonyl (C=O) groups excluding carboxylic acids is 3. The number of aliphatic carboxylic acids is 5. The van der Waals surface area contributed by atoms with Gasteiger partial charge >= 0.3 is 29.8 Å². The smallest absolute Gasteiger partial charge is 0.364 e. The van der Waals surface area contributed by atoms with E-state index in [1.807, 2.05) is 30.3 Å². The van der Waals surface area contributed by atoms with Crippen molar-refractivity contribution in [3.8, 4) is 0 Å². The van der Waals surface area contributed by atoms with Crippen LogP contribution in [0.3, 0.4) is 0 Å². The molecule has 0 aliphatic carbocycles. The average molecular weight is 609 g/mol. The number of carboxylic acids is 5. The third kappa shape index (κ3) is 17.4. The van der Waals surface area contributed by atoms with E-state index in [4.69, 9.17) is 20.1 Å². The first-order valence-electron chi connectivity index (χ1n) is 13.0. The van der Waals surface area contributed by atoms with E-state index in [9.17, 15) is 43.8 Å². The van der Waals surface area contributed by atoms with Gasteiger partial charge in [0.05, 0.1) is 12.6 Å². The van der Waals surface area contributed by atoms with E-state index in [1.54, 1.807) is 19.2 Å². The topological polar surface area (TPSA) is 253 Å². The summed E-state index contributed by atoms with van der Waals surface area (Å²) in [5, 5.41) is 43.8. The van der Waals surface area contributed by atoms with E-state index in [0.29, 0.717) is 56.5 Å². The van der Waals surface area contributed by atoms with Crippen molar-refractivity contribution in [1.29, 1.82) is 0 Å². The molecule has 0 aromatic heterocycles. The highest BCUT2D eigenvalue weighted by Crippen LogP contribution is 2.18. The largest absolute Gasteiger partial charge is 0.545 e. The molecule has 1 aromatic rings. The van der Waals surface area contributed by atoms with E-state index in [1.165, 1.54) is 4.90 Å². The molecule has 2 rings (SSSR count). The predicted octanol–water partition coefficient (Wildman–Crippen LogP) is -1.33. The van der Waals surface area contributed by atoms with Crippen LogP contribution >= 0.6 is 0 Å². The number of carboxylic acid groups (broad SMARTS) is 5. The van der Waals surface area contributed by atoms with Crippen LogP contribution in [-0.4, -0.2) is 98.3 Å². The number of hydrogen-bond donors (Lipinski definition) is 5. The van der Waals surface area contributed by atoms with Gasteiger partial charge in [0.15, 0.2) is 12.1 Å². The summed E-state index contributed by atoms with van der Waals surface area (Å²) in [6.45, 7) is 4.20. The van der Waals surface area contributed by atoms with Crippen molar-refractivity contribution in [2.45, 2.75) is 57.7 Å². The Morgan fingerprint density at radius 1 is 0.953 bits per heavy atom. The predicted molar refractivity (Wildman–Crippen MR) is 145 cm³/mol. The van der Waals surface area contributed by atoms with Gasteiger partial charge in [-0.1, -0.05) is 30.3 Å². The first kappa shape index (κ1) is 38.0. The number of rotatable bonds is 13. The normalized spacial score (nSPS) is 15.3. The molecule has 236 valence electrons. The fourth-order valence-corrected chi connectivity index (χ4v) is 3.77. The van der Waals surface area contributed by atoms with Crippen LogP contribution in [0.1, 0.15) is 38.7 Å². The molecule has 0 bridgehead atoms. The molecule has 3 unspecified atom stereocenters. The highest BCUT2D eigenvalue weighted by molar-refractivity contribution is 5.90. The summed E-state index contributed by atoms with van der Waals surface area (Å²) < 4.78 is 5.17. The Labute approximate surface area is 247 Å². The Kier molecular flexibility index (Phi) is 18.3. The lowest BCUT2D eigenvalue weighted by atomic mass is 10.0. The first-order valence-corrected chi connectivity index (χ1v) is 13.0. The van der Waals surface area contributed by atoms with E-state index in [2.05, 4.69) is 0 Å². The molecule has 1 aliphatic rings. The number of ether oxygens (including phenoxy) is 1. The van der Waals surface area contributed by atoms with Crippen molar-refractivity contribution in [2.75, 3.05) is 13.2 Å². The van der Waals surface area contributed by atoms with Crippen molar-refractivity contribution in [3.05, 3.63) is 60.2 Å². The average Bonchev–Trinajstić information content (AvgIpc) is 3.44. The van der Waals surface area contributed by atoms with Crippen LogP contribution in [0.5, 0.6) is 0 Å². The quantitative estimate of drug-likeness (QED) is 0.129. The zero-order valence-corrected chi connectivity index (χ0v) is 23.7. The van der Waals surface area contributed by atoms with Gasteiger partial charge in [0.1, 0.15) is 6.04 Å². The van der Waals surface area contributed by atoms with Gasteiger partial charge < -0.3 is 45.3 Å². The summed E-state index contributed by atoms with van der Waals surface area (Å²) in [6.07, 6.45) is 4.46. The number of hydrogen-bond acceptors (Lipinski definition) is 9. The number of carbonyl (C=O) groups is 7. The second-order valence-electron chi connectivity index (χ2n) is 8.89. The minimum absolute atomic E-state index is 0.242. The number of nitrogens with two attached hydrogens (primary N) is 1. The van der Waals surface area contributed by atoms with Gasteiger partial charge in [0.2, 0.25) is 0 Å². The zero-order valence-electron chi connectivity index (χ0n) is 23.7. The Morgan fingerprint density at radius 2 is 1.49 bits per heavy atom. The van der Waals surface area contributed by atoms with Gasteiger partial charge in [0, 0.05) is 31.2 Å². The van der Waals surface area contributed by atoms with Crippen molar-refractivity contribution in [3.63, 3.8) is 0 Å². The fourth-order valence-electron chi connectivity index (χ4n) is 3.77. The SMILES string of the molecule is CCOC(=O)C(CCc1ccccc1)[NH2+]C(C)C(=O)N1CCCC1C(=O)O.O=C(O)/C=C\C(=O)O.O=C([O-])/C=C\C(=O)O. The zero-order chi connectivity index (χ0) is 32.9. The first-order chi connectivity index (χ1) is 20.2. The molecular weight excluding hydrogens is 572 g/mol. The van der Waals surface area contributed by atoms with Gasteiger partial charge in [-0.2, -0.15) is 0 Å². The number of esters is 1. The van der Waals surface area contributed by atoms with Gasteiger partial charge in [0.25, 0.3) is 5.91 Å². The number of amides is 1. The van der Waals surface area contributed by atoms with E-state index < -0.39 is 48.0 Å². The van der Waals surface area contributed by atoms with Gasteiger partial charge in [-0.15, -0.1) is 0 Å². The molecule has 1 saturated heterocycles. The van der Waals surface area contributed by atoms with Crippen LogP contribution < -0.4 is 10.4 Å². The highest BCUT2D eigenvalue weighted by Gasteiger charge is 2.38. The maximum Gasteiger partial charge on any atom is 0.364 e. The van der Waals surface area contributed by atoms with Gasteiger partial charge in [-0.3, -0.25) is 4.79 Å². The van der Waals surface area contributed by atoms with Crippen LogP contribution in [0.15, 0.2) is 54.6 Å². The summed E-state index contributed by atoms with van der Waals surface area (Å²) in [6, 6.07) is 8.02. The van der Waals surface area contributed by atoms with E-state index in [-0.39, 0.29) is 18.5 Å². The lowest BCUT2D eigenvalue weighted by Crippen LogP contribution is -2.98. The molecule has 15 nitrogen and oxygen atoms in total. The molecule has 1 fully saturated rings. The Hall–Kier alpha value is -5.05. The van der Waals surface area contributed by atoms with Crippen LogP contribution in [-0.2, 0) is 44.7 Å². The van der Waals surface area contributed by atoms with Crippen molar-refractivity contribution in [1.82, 2.24) is 4.90 Å². The summed E-state index contributed by atoms with van der Waals surface area (Å²) in [4.78, 5) is 75.9. The van der Waals surface area contributed by atoms with Crippen LogP contribution in [0, 0.1) is 0 Å². The Bertz CT molecular complexity index is 1100. The minimum Gasteiger partial charge on any atom is -0.545 e. The lowest BCUT2D eigenvalue weighted by Gasteiger charge is -2.25. The van der Waals surface area contributed by atoms with Crippen molar-refractivity contribution >= 4 is 41.7 Å². The third-order valence-corrected chi connectivity index (χ3v) is 5.64. The summed E-state index contributed by atoms with van der Waals surface area (Å²) in [5.74, 6) is -6.88. The van der Waals surface area contributed by atoms with Gasteiger partial charge in [-0.25, -0.2) is 24.0 Å². The number of nitrogens with zero attached hydrogens (tertiary/aromatic N) is 1. The molecule has 1 aromatic carbocycles. The Balaban J connectivity index is 0.000000903. The minimum atomic E-state index is -1.51. The maximum absolute atomic E-state index is 12.7. The molecule has 0 saturated carbocycles. The monoisotopic (exact) mass is 608 g/mol. The van der Waals surface area contributed by atoms with Crippen LogP contribution in [0.4, 0.5) is 0 Å². The van der Waals surface area contributed by atoms with Crippen molar-refractivity contribution in [2.24, 2.45) is 0 Å². The molecule has 0 spiro atoms. The fraction of sp³-hybridized carbons (Fsp3) is 0.393. The highest BCUT2D eigenvalue weighted by atomic mass is 16.5. The summed E-state index contributed by atoms with van der Waals surface area (Å²) in [5.41, 5.74) is 1.12. The Morgan fingerprint density at radius 3 is 1.93 bits per heavy atom. The summed E-state index contributed by atoms with van der Waals surface area (Å²) in [7, 11) is 0. The molecule has 1 amide bonds. The standard InChI is InChI=1S/C20H28N2O5.2C4H4O4/c1-3-27-20(26)16(12-11-15-8-5-4-6-9-15)21-14(2)18(23)22-13-7-10-17(22)19(24)25;2*5-3(6)1-2-4(7)8/h4-6,8-9,14,16-17,21H,3,7,10-13H2,1-2H3,(H,24,25);2*1-2H,(H,5,6)(H,7,8)/b;2*2-1-. The molecule has 43 heavy (non-hydrogen) atoms. The van der Waals surface area contributed by atoms with Crippen molar-refractivity contribution < 1.29 is 69.1 Å². The molecule has 0 radical (unpaired) electrons. The molecule has 6 N–H and O–H groups in total. The van der Waals surface area contributed by atoms with Crippen LogP contribution in [0.25, 0.3) is 0 Å². The number of benzene rings is 1. The molecule has 15 heteroatoms. The molecule has 3 atom stereocenters. The molecular formula is C28H36N2O13. The third-order valence-electron chi connectivity index (χ3n) is 5.64.